The number of amides is 1. The number of rotatable bonds is 9. The molecule has 1 aliphatic rings. The number of nitrogens with zero attached hydrogens (tertiary/aromatic N) is 2. The first-order valence-electron chi connectivity index (χ1n) is 9.24. The van der Waals surface area contributed by atoms with Crippen LogP contribution in [0.3, 0.4) is 0 Å². The molecule has 1 amide bonds. The summed E-state index contributed by atoms with van der Waals surface area (Å²) in [6.45, 7) is 5.26. The number of piperazine rings is 1. The molecular weight excluding hydrogens is 362 g/mol. The second kappa shape index (κ2) is 9.62. The molecule has 27 heavy (non-hydrogen) atoms. The standard InChI is InChI=1S/C20H27N3O3S/c1-25-19-15-27-14-16(19)13-26-18-6-3-2-5-17(18)23-11-9-22(10-12-23)8-4-7-20(21)24/h2-3,5-6,14-15H,4,7-13H2,1H3,(H2,21,24). The highest BCUT2D eigenvalue weighted by molar-refractivity contribution is 7.08. The van der Waals surface area contributed by atoms with Crippen LogP contribution in [0.25, 0.3) is 0 Å². The van der Waals surface area contributed by atoms with Gasteiger partial charge in [0, 0.05) is 48.9 Å². The molecule has 1 fully saturated rings. The van der Waals surface area contributed by atoms with Gasteiger partial charge in [-0.15, -0.1) is 11.3 Å². The second-order valence-corrected chi connectivity index (χ2v) is 7.36. The highest BCUT2D eigenvalue weighted by atomic mass is 32.1. The summed E-state index contributed by atoms with van der Waals surface area (Å²) in [7, 11) is 1.68. The van der Waals surface area contributed by atoms with Gasteiger partial charge in [0.1, 0.15) is 18.1 Å². The van der Waals surface area contributed by atoms with Crippen molar-refractivity contribution in [2.24, 2.45) is 5.73 Å². The maximum absolute atomic E-state index is 10.9. The summed E-state index contributed by atoms with van der Waals surface area (Å²) in [5, 5.41) is 4.05. The predicted octanol–water partition coefficient (Wildman–Crippen LogP) is 2.72. The lowest BCUT2D eigenvalue weighted by Gasteiger charge is -2.36. The van der Waals surface area contributed by atoms with Gasteiger partial charge < -0.3 is 20.1 Å². The Bertz CT molecular complexity index is 742. The molecule has 1 aromatic carbocycles. The largest absolute Gasteiger partial charge is 0.495 e. The van der Waals surface area contributed by atoms with E-state index < -0.39 is 0 Å². The molecular formula is C20H27N3O3S. The SMILES string of the molecule is COc1cscc1COc1ccccc1N1CCN(CCCC(N)=O)CC1. The lowest BCUT2D eigenvalue weighted by molar-refractivity contribution is -0.118. The number of anilines is 1. The van der Waals surface area contributed by atoms with Crippen LogP contribution >= 0.6 is 11.3 Å². The van der Waals surface area contributed by atoms with Crippen molar-refractivity contribution in [3.05, 3.63) is 40.6 Å². The third-order valence-corrected chi connectivity index (χ3v) is 5.55. The summed E-state index contributed by atoms with van der Waals surface area (Å²) in [5.41, 5.74) is 7.41. The summed E-state index contributed by atoms with van der Waals surface area (Å²) in [6.07, 6.45) is 1.29. The maximum Gasteiger partial charge on any atom is 0.217 e. The van der Waals surface area contributed by atoms with Gasteiger partial charge in [-0.1, -0.05) is 12.1 Å². The number of primary amides is 1. The summed E-state index contributed by atoms with van der Waals surface area (Å²) in [5.74, 6) is 1.55. The molecule has 146 valence electrons. The molecule has 0 aliphatic carbocycles. The molecule has 0 spiro atoms. The number of hydrogen-bond donors (Lipinski definition) is 1. The molecule has 2 heterocycles. The number of thiophene rings is 1. The summed E-state index contributed by atoms with van der Waals surface area (Å²) < 4.78 is 11.5. The minimum Gasteiger partial charge on any atom is -0.495 e. The van der Waals surface area contributed by atoms with E-state index in [1.165, 1.54) is 0 Å². The van der Waals surface area contributed by atoms with Crippen LogP contribution < -0.4 is 20.1 Å². The van der Waals surface area contributed by atoms with Crippen LogP contribution in [-0.2, 0) is 11.4 Å². The van der Waals surface area contributed by atoms with Crippen molar-refractivity contribution in [3.63, 3.8) is 0 Å². The summed E-state index contributed by atoms with van der Waals surface area (Å²) in [6, 6.07) is 8.19. The van der Waals surface area contributed by atoms with E-state index in [9.17, 15) is 4.79 Å². The van der Waals surface area contributed by atoms with E-state index in [2.05, 4.69) is 21.2 Å². The number of methoxy groups -OCH3 is 1. The van der Waals surface area contributed by atoms with Gasteiger partial charge in [0.15, 0.2) is 0 Å². The Labute approximate surface area is 164 Å². The first kappa shape index (κ1) is 19.5. The monoisotopic (exact) mass is 389 g/mol. The Morgan fingerprint density at radius 3 is 2.67 bits per heavy atom. The van der Waals surface area contributed by atoms with E-state index >= 15 is 0 Å². The molecule has 0 bridgehead atoms. The first-order valence-corrected chi connectivity index (χ1v) is 10.2. The van der Waals surface area contributed by atoms with Crippen LogP contribution in [0.1, 0.15) is 18.4 Å². The third-order valence-electron chi connectivity index (χ3n) is 4.78. The van der Waals surface area contributed by atoms with Crippen molar-refractivity contribution < 1.29 is 14.3 Å². The number of carbonyl (C=O) groups excluding carboxylic acids is 1. The average Bonchev–Trinajstić information content (AvgIpc) is 3.14. The zero-order valence-electron chi connectivity index (χ0n) is 15.7. The smallest absolute Gasteiger partial charge is 0.217 e. The van der Waals surface area contributed by atoms with Gasteiger partial charge in [-0.25, -0.2) is 0 Å². The zero-order chi connectivity index (χ0) is 19.1. The Kier molecular flexibility index (Phi) is 6.95. The minimum atomic E-state index is -0.220. The lowest BCUT2D eigenvalue weighted by atomic mass is 10.2. The van der Waals surface area contributed by atoms with E-state index in [1.54, 1.807) is 18.4 Å². The van der Waals surface area contributed by atoms with Crippen LogP contribution in [0.15, 0.2) is 35.0 Å². The van der Waals surface area contributed by atoms with Gasteiger partial charge in [-0.05, 0) is 25.1 Å². The average molecular weight is 390 g/mol. The van der Waals surface area contributed by atoms with Crippen LogP contribution in [0.5, 0.6) is 11.5 Å². The molecule has 0 saturated carbocycles. The maximum atomic E-state index is 10.9. The minimum absolute atomic E-state index is 0.220. The van der Waals surface area contributed by atoms with E-state index in [1.807, 2.05) is 23.6 Å². The van der Waals surface area contributed by atoms with Crippen molar-refractivity contribution in [1.29, 1.82) is 0 Å². The molecule has 7 heteroatoms. The van der Waals surface area contributed by atoms with Crippen molar-refractivity contribution in [1.82, 2.24) is 4.90 Å². The number of carbonyl (C=O) groups is 1. The summed E-state index contributed by atoms with van der Waals surface area (Å²) in [4.78, 5) is 15.6. The molecule has 6 nitrogen and oxygen atoms in total. The predicted molar refractivity (Wildman–Crippen MR) is 109 cm³/mol. The topological polar surface area (TPSA) is 68.0 Å². The number of benzene rings is 1. The number of para-hydroxylation sites is 2. The zero-order valence-corrected chi connectivity index (χ0v) is 16.5. The van der Waals surface area contributed by atoms with Gasteiger partial charge in [0.25, 0.3) is 0 Å². The van der Waals surface area contributed by atoms with Gasteiger partial charge in [-0.2, -0.15) is 0 Å². The van der Waals surface area contributed by atoms with Gasteiger partial charge in [0.05, 0.1) is 12.8 Å². The molecule has 1 aliphatic heterocycles. The molecule has 3 rings (SSSR count). The van der Waals surface area contributed by atoms with Crippen LogP contribution in [-0.4, -0.2) is 50.6 Å². The van der Waals surface area contributed by atoms with E-state index in [4.69, 9.17) is 15.2 Å². The number of ether oxygens (including phenoxy) is 2. The van der Waals surface area contributed by atoms with Gasteiger partial charge in [0.2, 0.25) is 5.91 Å². The highest BCUT2D eigenvalue weighted by Gasteiger charge is 2.19. The molecule has 0 unspecified atom stereocenters. The van der Waals surface area contributed by atoms with Gasteiger partial charge >= 0.3 is 0 Å². The second-order valence-electron chi connectivity index (χ2n) is 6.62. The Hall–Kier alpha value is -2.25. The quantitative estimate of drug-likeness (QED) is 0.714. The fraction of sp³-hybridized carbons (Fsp3) is 0.450. The normalized spacial score (nSPS) is 14.9. The van der Waals surface area contributed by atoms with Crippen LogP contribution in [0.2, 0.25) is 0 Å². The molecule has 1 saturated heterocycles. The van der Waals surface area contributed by atoms with Crippen molar-refractivity contribution >= 4 is 22.9 Å². The fourth-order valence-corrected chi connectivity index (χ4v) is 4.07. The third kappa shape index (κ3) is 5.37. The molecule has 2 N–H and O–H groups in total. The lowest BCUT2D eigenvalue weighted by Crippen LogP contribution is -2.46. The first-order chi connectivity index (χ1) is 13.2. The molecule has 0 radical (unpaired) electrons. The highest BCUT2D eigenvalue weighted by Crippen LogP contribution is 2.31. The van der Waals surface area contributed by atoms with Crippen molar-refractivity contribution in [3.8, 4) is 11.5 Å². The van der Waals surface area contributed by atoms with E-state index in [0.717, 1.165) is 61.9 Å². The van der Waals surface area contributed by atoms with Crippen LogP contribution in [0.4, 0.5) is 5.69 Å². The Morgan fingerprint density at radius 1 is 1.15 bits per heavy atom. The molecule has 2 aromatic rings. The van der Waals surface area contributed by atoms with E-state index in [0.29, 0.717) is 13.0 Å². The molecule has 1 aromatic heterocycles. The fourth-order valence-electron chi connectivity index (χ4n) is 3.28. The van der Waals surface area contributed by atoms with Crippen LogP contribution in [0, 0.1) is 0 Å². The van der Waals surface area contributed by atoms with E-state index in [-0.39, 0.29) is 5.91 Å². The number of nitrogens with two attached hydrogens (primary N) is 1. The van der Waals surface area contributed by atoms with Crippen molar-refractivity contribution in [2.75, 3.05) is 44.7 Å². The number of hydrogen-bond acceptors (Lipinski definition) is 6. The van der Waals surface area contributed by atoms with Crippen molar-refractivity contribution in [2.45, 2.75) is 19.4 Å². The van der Waals surface area contributed by atoms with Gasteiger partial charge in [-0.3, -0.25) is 9.69 Å². The molecule has 0 atom stereocenters. The Balaban J connectivity index is 1.56. The Morgan fingerprint density at radius 2 is 1.93 bits per heavy atom. The summed E-state index contributed by atoms with van der Waals surface area (Å²) >= 11 is 1.62.